The normalized spacial score (nSPS) is 22.4. The Balaban J connectivity index is 1.63. The lowest BCUT2D eigenvalue weighted by molar-refractivity contribution is -0.129. The predicted molar refractivity (Wildman–Crippen MR) is 89.6 cm³/mol. The van der Waals surface area contributed by atoms with E-state index in [1.165, 1.54) is 12.8 Å². The summed E-state index contributed by atoms with van der Waals surface area (Å²) in [7, 11) is 0. The smallest absolute Gasteiger partial charge is 0.229 e. The van der Waals surface area contributed by atoms with Gasteiger partial charge in [-0.15, -0.1) is 0 Å². The van der Waals surface area contributed by atoms with Crippen molar-refractivity contribution in [1.29, 1.82) is 0 Å². The molecule has 4 nitrogen and oxygen atoms in total. The maximum absolute atomic E-state index is 12.4. The number of hydrogen-bond donors (Lipinski definition) is 1. The maximum Gasteiger partial charge on any atom is 0.229 e. The van der Waals surface area contributed by atoms with Gasteiger partial charge in [-0.3, -0.25) is 9.59 Å². The molecule has 0 spiro atoms. The van der Waals surface area contributed by atoms with Gasteiger partial charge in [0.1, 0.15) is 0 Å². The summed E-state index contributed by atoms with van der Waals surface area (Å²) in [5, 5.41) is 2.94. The van der Waals surface area contributed by atoms with Gasteiger partial charge >= 0.3 is 0 Å². The molecule has 1 N–H and O–H groups in total. The molecule has 0 bridgehead atoms. The van der Waals surface area contributed by atoms with Crippen LogP contribution in [0.15, 0.2) is 22.7 Å². The fourth-order valence-electron chi connectivity index (χ4n) is 3.39. The standard InChI is InChI=1S/C17H21BrN2O2/c1-11-6-7-13(9-15(11)18)19-17(22)12-8-16(21)20(10-12)14-4-2-3-5-14/h6-7,9,12,14H,2-5,8,10H2,1H3,(H,19,22). The zero-order valence-electron chi connectivity index (χ0n) is 12.8. The molecule has 22 heavy (non-hydrogen) atoms. The number of benzene rings is 1. The van der Waals surface area contributed by atoms with Crippen molar-refractivity contribution in [1.82, 2.24) is 4.90 Å². The lowest BCUT2D eigenvalue weighted by Crippen LogP contribution is -2.35. The van der Waals surface area contributed by atoms with Crippen molar-refractivity contribution in [3.8, 4) is 0 Å². The third-order valence-corrected chi connectivity index (χ3v) is 5.59. The molecule has 1 aromatic carbocycles. The second kappa shape index (κ2) is 6.41. The average molecular weight is 365 g/mol. The first-order valence-electron chi connectivity index (χ1n) is 7.91. The number of likely N-dealkylation sites (tertiary alicyclic amines) is 1. The summed E-state index contributed by atoms with van der Waals surface area (Å²) in [5.74, 6) is -0.144. The topological polar surface area (TPSA) is 49.4 Å². The van der Waals surface area contributed by atoms with Crippen LogP contribution in [0.3, 0.4) is 0 Å². The molecule has 2 fully saturated rings. The van der Waals surface area contributed by atoms with E-state index >= 15 is 0 Å². The minimum absolute atomic E-state index is 0.0513. The summed E-state index contributed by atoms with van der Waals surface area (Å²) < 4.78 is 0.973. The Kier molecular flexibility index (Phi) is 4.52. The molecule has 1 aromatic rings. The fourth-order valence-corrected chi connectivity index (χ4v) is 3.77. The van der Waals surface area contributed by atoms with Crippen LogP contribution in [0.25, 0.3) is 0 Å². The number of rotatable bonds is 3. The number of aryl methyl sites for hydroxylation is 1. The van der Waals surface area contributed by atoms with Gasteiger partial charge in [-0.2, -0.15) is 0 Å². The third-order valence-electron chi connectivity index (χ3n) is 4.73. The van der Waals surface area contributed by atoms with Crippen molar-refractivity contribution in [2.75, 3.05) is 11.9 Å². The molecule has 3 rings (SSSR count). The molecular formula is C17H21BrN2O2. The van der Waals surface area contributed by atoms with Crippen molar-refractivity contribution in [3.63, 3.8) is 0 Å². The number of nitrogens with zero attached hydrogens (tertiary/aromatic N) is 1. The number of hydrogen-bond acceptors (Lipinski definition) is 2. The molecule has 1 aliphatic heterocycles. The van der Waals surface area contributed by atoms with Crippen LogP contribution in [-0.2, 0) is 9.59 Å². The largest absolute Gasteiger partial charge is 0.339 e. The highest BCUT2D eigenvalue weighted by Gasteiger charge is 2.38. The molecule has 1 aliphatic carbocycles. The average Bonchev–Trinajstić information content (AvgIpc) is 3.12. The minimum atomic E-state index is -0.229. The van der Waals surface area contributed by atoms with Gasteiger partial charge in [0.15, 0.2) is 0 Å². The van der Waals surface area contributed by atoms with Gasteiger partial charge in [0, 0.05) is 29.2 Å². The van der Waals surface area contributed by atoms with Crippen LogP contribution in [0.5, 0.6) is 0 Å². The molecule has 1 unspecified atom stereocenters. The Morgan fingerprint density at radius 3 is 2.73 bits per heavy atom. The van der Waals surface area contributed by atoms with Crippen LogP contribution in [0.4, 0.5) is 5.69 Å². The monoisotopic (exact) mass is 364 g/mol. The van der Waals surface area contributed by atoms with Gasteiger partial charge < -0.3 is 10.2 Å². The summed E-state index contributed by atoms with van der Waals surface area (Å²) in [6, 6.07) is 6.12. The van der Waals surface area contributed by atoms with Crippen LogP contribution >= 0.6 is 15.9 Å². The Morgan fingerprint density at radius 1 is 1.32 bits per heavy atom. The summed E-state index contributed by atoms with van der Waals surface area (Å²) in [4.78, 5) is 26.5. The number of amides is 2. The maximum atomic E-state index is 12.4. The number of carbonyl (C=O) groups is 2. The summed E-state index contributed by atoms with van der Waals surface area (Å²) in [5.41, 5.74) is 1.90. The molecular weight excluding hydrogens is 344 g/mol. The molecule has 118 valence electrons. The van der Waals surface area contributed by atoms with Gasteiger partial charge in [-0.25, -0.2) is 0 Å². The highest BCUT2D eigenvalue weighted by Crippen LogP contribution is 2.30. The third kappa shape index (κ3) is 3.19. The molecule has 1 saturated heterocycles. The number of carbonyl (C=O) groups excluding carboxylic acids is 2. The summed E-state index contributed by atoms with van der Waals surface area (Å²) in [6.45, 7) is 2.58. The Bertz CT molecular complexity index is 596. The number of anilines is 1. The molecule has 1 heterocycles. The summed E-state index contributed by atoms with van der Waals surface area (Å²) >= 11 is 3.47. The van der Waals surface area contributed by atoms with E-state index in [-0.39, 0.29) is 17.7 Å². The van der Waals surface area contributed by atoms with Crippen LogP contribution in [0.1, 0.15) is 37.7 Å². The van der Waals surface area contributed by atoms with E-state index in [4.69, 9.17) is 0 Å². The quantitative estimate of drug-likeness (QED) is 0.892. The molecule has 1 atom stereocenters. The first-order valence-corrected chi connectivity index (χ1v) is 8.70. The van der Waals surface area contributed by atoms with E-state index in [0.717, 1.165) is 28.6 Å². The first-order chi connectivity index (χ1) is 10.5. The first kappa shape index (κ1) is 15.5. The van der Waals surface area contributed by atoms with Crippen molar-refractivity contribution < 1.29 is 9.59 Å². The zero-order chi connectivity index (χ0) is 15.7. The highest BCUT2D eigenvalue weighted by atomic mass is 79.9. The predicted octanol–water partition coefficient (Wildman–Crippen LogP) is 3.49. The molecule has 1 saturated carbocycles. The molecule has 2 amide bonds. The Labute approximate surface area is 139 Å². The van der Waals surface area contributed by atoms with Crippen molar-refractivity contribution in [3.05, 3.63) is 28.2 Å². The fraction of sp³-hybridized carbons (Fsp3) is 0.529. The van der Waals surface area contributed by atoms with Gasteiger partial charge in [-0.1, -0.05) is 34.8 Å². The SMILES string of the molecule is Cc1ccc(NC(=O)C2CC(=O)N(C3CCCC3)C2)cc1Br. The van der Waals surface area contributed by atoms with Crippen LogP contribution in [0.2, 0.25) is 0 Å². The Hall–Kier alpha value is -1.36. The van der Waals surface area contributed by atoms with Crippen molar-refractivity contribution in [2.45, 2.75) is 45.1 Å². The number of halogens is 1. The van der Waals surface area contributed by atoms with E-state index in [1.54, 1.807) is 0 Å². The second-order valence-electron chi connectivity index (χ2n) is 6.34. The van der Waals surface area contributed by atoms with Gasteiger partial charge in [0.2, 0.25) is 11.8 Å². The lowest BCUT2D eigenvalue weighted by Gasteiger charge is -2.23. The van der Waals surface area contributed by atoms with E-state index in [0.29, 0.717) is 19.0 Å². The van der Waals surface area contributed by atoms with Gasteiger partial charge in [0.25, 0.3) is 0 Å². The lowest BCUT2D eigenvalue weighted by atomic mass is 10.1. The van der Waals surface area contributed by atoms with E-state index < -0.39 is 0 Å². The van der Waals surface area contributed by atoms with Crippen LogP contribution in [-0.4, -0.2) is 29.3 Å². The van der Waals surface area contributed by atoms with Crippen LogP contribution < -0.4 is 5.32 Å². The zero-order valence-corrected chi connectivity index (χ0v) is 14.4. The van der Waals surface area contributed by atoms with E-state index in [9.17, 15) is 9.59 Å². The van der Waals surface area contributed by atoms with E-state index in [2.05, 4.69) is 21.2 Å². The second-order valence-corrected chi connectivity index (χ2v) is 7.19. The molecule has 0 radical (unpaired) electrons. The summed E-state index contributed by atoms with van der Waals surface area (Å²) in [6.07, 6.45) is 4.91. The molecule has 0 aromatic heterocycles. The van der Waals surface area contributed by atoms with Gasteiger partial charge in [-0.05, 0) is 37.5 Å². The Morgan fingerprint density at radius 2 is 2.05 bits per heavy atom. The van der Waals surface area contributed by atoms with Crippen LogP contribution in [0, 0.1) is 12.8 Å². The highest BCUT2D eigenvalue weighted by molar-refractivity contribution is 9.10. The van der Waals surface area contributed by atoms with Crippen molar-refractivity contribution in [2.24, 2.45) is 5.92 Å². The molecule has 5 heteroatoms. The van der Waals surface area contributed by atoms with E-state index in [1.807, 2.05) is 30.0 Å². The number of nitrogens with one attached hydrogen (secondary N) is 1. The molecule has 2 aliphatic rings. The van der Waals surface area contributed by atoms with Gasteiger partial charge in [0.05, 0.1) is 5.92 Å². The van der Waals surface area contributed by atoms with Crippen molar-refractivity contribution >= 4 is 33.4 Å². The minimum Gasteiger partial charge on any atom is -0.339 e.